The molecule has 0 saturated carbocycles. The van der Waals surface area contributed by atoms with E-state index in [1.54, 1.807) is 36.2 Å². The number of carboxylic acid groups (broad SMARTS) is 1. The maximum atomic E-state index is 11.2. The average molecular weight is 612 g/mol. The Balaban J connectivity index is 0.000000191. The van der Waals surface area contributed by atoms with Crippen LogP contribution in [0.5, 0.6) is 0 Å². The minimum atomic E-state index is -1.20. The molecule has 178 valence electrons. The number of rotatable bonds is 3. The minimum Gasteiger partial charge on any atom is -0.475 e. The molecule has 0 aliphatic rings. The van der Waals surface area contributed by atoms with Crippen molar-refractivity contribution in [2.24, 2.45) is 0 Å². The molecule has 0 radical (unpaired) electrons. The Morgan fingerprint density at radius 1 is 1.00 bits per heavy atom. The van der Waals surface area contributed by atoms with E-state index < -0.39 is 20.0 Å². The Morgan fingerprint density at radius 3 is 1.85 bits per heavy atom. The van der Waals surface area contributed by atoms with Crippen molar-refractivity contribution in [2.75, 3.05) is 7.11 Å². The van der Waals surface area contributed by atoms with Crippen LogP contribution >= 0.6 is 31.9 Å². The number of carboxylic acids is 1. The molecule has 2 heterocycles. The molecule has 0 atom stereocenters. The van der Waals surface area contributed by atoms with Gasteiger partial charge < -0.3 is 24.4 Å². The molecule has 4 aromatic rings. The second-order valence-corrected chi connectivity index (χ2v) is 14.6. The third-order valence-corrected chi connectivity index (χ3v) is 5.77. The Labute approximate surface area is 211 Å². The van der Waals surface area contributed by atoms with Gasteiger partial charge in [-0.1, -0.05) is 61.8 Å². The molecule has 0 fully saturated rings. The van der Waals surface area contributed by atoms with E-state index in [1.165, 1.54) is 7.11 Å². The first kappa shape index (κ1) is 27.1. The summed E-state index contributed by atoms with van der Waals surface area (Å²) in [5.41, 5.74) is 9.16. The van der Waals surface area contributed by atoms with Gasteiger partial charge in [-0.3, -0.25) is 0 Å². The van der Waals surface area contributed by atoms with E-state index in [1.807, 2.05) is 6.07 Å². The summed E-state index contributed by atoms with van der Waals surface area (Å²) in [5, 5.41) is 17.2. The monoisotopic (exact) mass is 610 g/mol. The molecule has 2 aromatic heterocycles. The van der Waals surface area contributed by atoms with Crippen LogP contribution in [0, 0.1) is 0 Å². The van der Waals surface area contributed by atoms with Gasteiger partial charge in [0.2, 0.25) is 5.84 Å². The number of nitrogens with zero attached hydrogens (tertiary/aromatic N) is 4. The van der Waals surface area contributed by atoms with Gasteiger partial charge in [-0.2, -0.15) is 4.79 Å². The molecule has 0 aliphatic carbocycles. The smallest absolute Gasteiger partial charge is 0.377 e. The maximum absolute atomic E-state index is 11.2. The average Bonchev–Trinajstić information content (AvgIpc) is 3.36. The van der Waals surface area contributed by atoms with Crippen LogP contribution in [0.1, 0.15) is 21.1 Å². The summed E-state index contributed by atoms with van der Waals surface area (Å²) in [7, 11) is 0.102. The molecule has 0 spiro atoms. The van der Waals surface area contributed by atoms with Crippen LogP contribution < -0.4 is 0 Å². The van der Waals surface area contributed by atoms with E-state index in [2.05, 4.69) is 75.9 Å². The summed E-state index contributed by atoms with van der Waals surface area (Å²) in [4.78, 5) is 24.8. The van der Waals surface area contributed by atoms with Crippen LogP contribution in [0.25, 0.3) is 27.3 Å². The van der Waals surface area contributed by atoms with Crippen molar-refractivity contribution < 1.29 is 33.3 Å². The fourth-order valence-electron chi connectivity index (χ4n) is 2.40. The number of aromatic carboxylic acids is 1. The molecule has 10 nitrogen and oxygen atoms in total. The number of aromatic nitrogens is 2. The first-order valence-corrected chi connectivity index (χ1v) is 14.7. The van der Waals surface area contributed by atoms with Crippen LogP contribution in [0.2, 0.25) is 19.6 Å². The van der Waals surface area contributed by atoms with Crippen molar-refractivity contribution in [3.63, 3.8) is 0 Å². The first-order valence-electron chi connectivity index (χ1n) is 9.57. The number of hydrogen-bond donors (Lipinski definition) is 1. The fraction of sp³-hybridized carbons (Fsp3) is 0.190. The zero-order valence-electron chi connectivity index (χ0n) is 18.6. The minimum absolute atomic E-state index is 0.123. The molecule has 0 amide bonds. The SMILES string of the molecule is COC(=O)c1onc2cc(Br)ccc12.C[Si](C)(C)C=[N+]=[N-].O=C(O)c1onc2cc(Br)ccc12. The van der Waals surface area contributed by atoms with Gasteiger partial charge in [0.1, 0.15) is 11.0 Å². The second-order valence-electron chi connectivity index (χ2n) is 7.75. The second kappa shape index (κ2) is 11.8. The molecular weight excluding hydrogens is 592 g/mol. The van der Waals surface area contributed by atoms with Gasteiger partial charge in [0.15, 0.2) is 8.07 Å². The lowest BCUT2D eigenvalue weighted by molar-refractivity contribution is 0.00679. The Hall–Kier alpha value is -3.12. The van der Waals surface area contributed by atoms with Crippen LogP contribution in [0.3, 0.4) is 0 Å². The number of carbonyl (C=O) groups excluding carboxylic acids is 1. The van der Waals surface area contributed by atoms with Crippen molar-refractivity contribution in [1.82, 2.24) is 10.3 Å². The van der Waals surface area contributed by atoms with E-state index >= 15 is 0 Å². The van der Waals surface area contributed by atoms with E-state index in [-0.39, 0.29) is 11.5 Å². The highest BCUT2D eigenvalue weighted by Gasteiger charge is 2.17. The first-order chi connectivity index (χ1) is 16.0. The van der Waals surface area contributed by atoms with Gasteiger partial charge in [-0.25, -0.2) is 9.59 Å². The number of ether oxygens (including phenoxy) is 1. The number of methoxy groups -OCH3 is 1. The van der Waals surface area contributed by atoms with Crippen molar-refractivity contribution in [3.05, 3.63) is 62.4 Å². The van der Waals surface area contributed by atoms with Gasteiger partial charge in [-0.15, -0.1) is 0 Å². The highest BCUT2D eigenvalue weighted by molar-refractivity contribution is 9.10. The highest BCUT2D eigenvalue weighted by atomic mass is 79.9. The normalized spacial score (nSPS) is 10.4. The molecule has 0 bridgehead atoms. The zero-order valence-corrected chi connectivity index (χ0v) is 22.7. The third-order valence-electron chi connectivity index (χ3n) is 3.89. The van der Waals surface area contributed by atoms with Gasteiger partial charge in [-0.05, 0) is 36.4 Å². The van der Waals surface area contributed by atoms with Gasteiger partial charge in [0, 0.05) is 8.95 Å². The number of halogens is 2. The van der Waals surface area contributed by atoms with Crippen LogP contribution in [0.15, 0.2) is 54.4 Å². The van der Waals surface area contributed by atoms with Crippen molar-refractivity contribution >= 4 is 79.5 Å². The molecule has 0 aliphatic heterocycles. The topological polar surface area (TPSA) is 152 Å². The third kappa shape index (κ3) is 7.45. The van der Waals surface area contributed by atoms with Crippen molar-refractivity contribution in [3.8, 4) is 0 Å². The van der Waals surface area contributed by atoms with Crippen LogP contribution in [-0.4, -0.2) is 53.2 Å². The van der Waals surface area contributed by atoms with E-state index in [0.29, 0.717) is 21.8 Å². The lowest BCUT2D eigenvalue weighted by Crippen LogP contribution is -2.22. The molecule has 1 N–H and O–H groups in total. The number of hydrogen-bond acceptors (Lipinski definition) is 7. The maximum Gasteiger partial charge on any atom is 0.377 e. The van der Waals surface area contributed by atoms with Gasteiger partial charge >= 0.3 is 11.9 Å². The number of esters is 1. The summed E-state index contributed by atoms with van der Waals surface area (Å²) in [5.74, 6) is 0.0182. The number of benzene rings is 2. The quantitative estimate of drug-likeness (QED) is 0.0998. The summed E-state index contributed by atoms with van der Waals surface area (Å²) in [6.45, 7) is 6.31. The van der Waals surface area contributed by atoms with Crippen molar-refractivity contribution in [2.45, 2.75) is 19.6 Å². The standard InChI is InChI=1S/C9H6BrNO3.C8H4BrNO3.C4H10N2Si/c1-13-9(12)8-6-3-2-5(10)4-7(6)11-14-8;9-4-1-2-5-6(3-4)10-13-7(5)8(11)12;1-7(2,3)4-6-5/h2-4H,1H3;1-3H,(H,11,12);4H,1-3H3. The van der Waals surface area contributed by atoms with Crippen molar-refractivity contribution in [1.29, 1.82) is 0 Å². The largest absolute Gasteiger partial charge is 0.475 e. The predicted molar refractivity (Wildman–Crippen MR) is 135 cm³/mol. The van der Waals surface area contributed by atoms with Crippen LogP contribution in [-0.2, 0) is 4.74 Å². The highest BCUT2D eigenvalue weighted by Crippen LogP contribution is 2.23. The van der Waals surface area contributed by atoms with Gasteiger partial charge in [0.25, 0.3) is 11.5 Å². The molecule has 0 saturated heterocycles. The molecule has 2 aromatic carbocycles. The number of carbonyl (C=O) groups is 2. The Kier molecular flexibility index (Phi) is 9.44. The molecule has 34 heavy (non-hydrogen) atoms. The molecule has 0 unspecified atom stereocenters. The molecule has 4 rings (SSSR count). The Morgan fingerprint density at radius 2 is 1.47 bits per heavy atom. The Bertz CT molecular complexity index is 1370. The molecular formula is C21H20Br2N4O6Si. The van der Waals surface area contributed by atoms with E-state index in [4.69, 9.17) is 15.2 Å². The molecule has 13 heteroatoms. The summed E-state index contributed by atoms with van der Waals surface area (Å²) >= 11 is 6.55. The summed E-state index contributed by atoms with van der Waals surface area (Å²) in [6, 6.07) is 10.4. The number of fused-ring (bicyclic) bond motifs is 2. The lowest BCUT2D eigenvalue weighted by Gasteiger charge is -1.95. The van der Waals surface area contributed by atoms with E-state index in [0.717, 1.165) is 8.95 Å². The lowest BCUT2D eigenvalue weighted by atomic mass is 10.2. The fourth-order valence-corrected chi connectivity index (χ4v) is 3.44. The van der Waals surface area contributed by atoms with E-state index in [9.17, 15) is 9.59 Å². The summed E-state index contributed by atoms with van der Waals surface area (Å²) < 4.78 is 15.8. The predicted octanol–water partition coefficient (Wildman–Crippen LogP) is 5.83. The van der Waals surface area contributed by atoms with Gasteiger partial charge in [0.05, 0.1) is 17.9 Å². The zero-order chi connectivity index (χ0) is 25.5. The summed E-state index contributed by atoms with van der Waals surface area (Å²) in [6.07, 6.45) is 0. The van der Waals surface area contributed by atoms with Crippen LogP contribution in [0.4, 0.5) is 0 Å².